The van der Waals surface area contributed by atoms with E-state index < -0.39 is 0 Å². The number of rotatable bonds is 7. The normalized spacial score (nSPS) is 11.0. The molecule has 0 aliphatic heterocycles. The Bertz CT molecular complexity index is 4020. The second-order valence-electron chi connectivity index (χ2n) is 18.1. The Balaban J connectivity index is 1.22. The Hall–Kier alpha value is -11.0. The maximum atomic E-state index is 11.9. The van der Waals surface area contributed by atoms with Crippen LogP contribution in [0.25, 0.3) is 116 Å². The van der Waals surface area contributed by atoms with Crippen LogP contribution in [0.4, 0.5) is 5.69 Å². The molecule has 0 aliphatic rings. The average molecular weight is 945 g/mol. The van der Waals surface area contributed by atoms with Gasteiger partial charge < -0.3 is 9.13 Å². The lowest BCUT2D eigenvalue weighted by molar-refractivity contribution is 0.927. The minimum atomic E-state index is 0.386. The number of nitrogens with zero attached hydrogens (tertiary/aromatic N) is 10. The Labute approximate surface area is 425 Å². The van der Waals surface area contributed by atoms with Crippen molar-refractivity contribution >= 4 is 49.3 Å². The number of fused-ring (bicyclic) bond motifs is 6. The summed E-state index contributed by atoms with van der Waals surface area (Å²) in [5.41, 5.74) is 15.2. The van der Waals surface area contributed by atoms with Crippen molar-refractivity contribution in [3.8, 4) is 91.5 Å². The largest absolute Gasteiger partial charge is 0.308 e. The molecule has 74 heavy (non-hydrogen) atoms. The van der Waals surface area contributed by atoms with Crippen LogP contribution in [0, 0.1) is 65.7 Å². The third kappa shape index (κ3) is 7.52. The van der Waals surface area contributed by atoms with E-state index in [1.54, 1.807) is 0 Å². The number of hydrogen-bond donors (Lipinski definition) is 0. The van der Waals surface area contributed by atoms with E-state index >= 15 is 0 Å². The molecule has 0 unspecified atom stereocenters. The molecular formula is C64H36N10. The molecule has 10 nitrogen and oxygen atoms in total. The number of aryl methyl sites for hydroxylation is 2. The molecule has 0 bridgehead atoms. The fraction of sp³-hybridized carbons (Fsp3) is 0.0312. The van der Waals surface area contributed by atoms with Crippen molar-refractivity contribution in [3.63, 3.8) is 0 Å². The van der Waals surface area contributed by atoms with Gasteiger partial charge in [-0.3, -0.25) is 0 Å². The molecule has 0 fully saturated rings. The van der Waals surface area contributed by atoms with Gasteiger partial charge in [-0.2, -0.15) is 21.0 Å². The fourth-order valence-corrected chi connectivity index (χ4v) is 10.2. The van der Waals surface area contributed by atoms with Crippen molar-refractivity contribution in [2.75, 3.05) is 0 Å². The highest BCUT2D eigenvalue weighted by Gasteiger charge is 2.25. The summed E-state index contributed by atoms with van der Waals surface area (Å²) in [7, 11) is 0. The number of nitriles is 4. The predicted octanol–water partition coefficient (Wildman–Crippen LogP) is 15.1. The molecule has 0 N–H and O–H groups in total. The second kappa shape index (κ2) is 17.8. The highest BCUT2D eigenvalue weighted by molar-refractivity contribution is 6.13. The quantitative estimate of drug-likeness (QED) is 0.144. The Kier molecular flexibility index (Phi) is 10.6. The monoisotopic (exact) mass is 944 g/mol. The number of hydrogen-bond acceptors (Lipinski definition) is 7. The Morgan fingerprint density at radius 3 is 0.973 bits per heavy atom. The minimum absolute atomic E-state index is 0.386. The topological polar surface area (TPSA) is 148 Å². The van der Waals surface area contributed by atoms with Crippen molar-refractivity contribution in [1.82, 2.24) is 24.1 Å². The third-order valence-corrected chi connectivity index (χ3v) is 13.7. The standard InChI is InChI=1S/C64H36N10/c1-38-70-39(2)72-64(71-38)51-32-62(73-58-28-47(43-10-4-40(34-65)5-11-43)18-24-53(58)54-25-19-48(29-59(54)73)44-12-6-41(35-66)7-13-44)57(37-68)63(33-51)74-60-30-49(45-14-8-42(36-67)9-15-45)20-26-55(60)56-27-21-50(31-61(56)74)46-16-22-52(69-3)23-17-46/h4-33H,1-2H3. The number of aromatic nitrogens is 5. The van der Waals surface area contributed by atoms with Gasteiger partial charge >= 0.3 is 0 Å². The van der Waals surface area contributed by atoms with Gasteiger partial charge in [-0.05, 0) is 131 Å². The van der Waals surface area contributed by atoms with Crippen LogP contribution >= 0.6 is 0 Å². The SMILES string of the molecule is [C-]#[N+]c1ccc(-c2ccc3c4ccc(-c5ccc(C#N)cc5)cc4n(-c4cc(-c5nc(C)nc(C)n5)cc(-n5c6cc(-c7ccc(C#N)cc7)ccc6c6ccc(-c7ccc(C#N)cc7)cc65)c4C#N)c3c2)cc1. The summed E-state index contributed by atoms with van der Waals surface area (Å²) < 4.78 is 4.33. The van der Waals surface area contributed by atoms with Crippen LogP contribution in [-0.4, -0.2) is 24.1 Å². The van der Waals surface area contributed by atoms with Gasteiger partial charge in [-0.25, -0.2) is 19.8 Å². The fourth-order valence-electron chi connectivity index (χ4n) is 10.2. The molecule has 0 saturated heterocycles. The zero-order chi connectivity index (χ0) is 50.6. The molecule has 0 atom stereocenters. The summed E-state index contributed by atoms with van der Waals surface area (Å²) in [5, 5.41) is 44.7. The predicted molar refractivity (Wildman–Crippen MR) is 290 cm³/mol. The first-order chi connectivity index (χ1) is 36.2. The lowest BCUT2D eigenvalue weighted by Crippen LogP contribution is -2.07. The van der Waals surface area contributed by atoms with Crippen LogP contribution < -0.4 is 0 Å². The van der Waals surface area contributed by atoms with E-state index in [0.717, 1.165) is 88.1 Å². The highest BCUT2D eigenvalue weighted by atomic mass is 15.0. The van der Waals surface area contributed by atoms with Gasteiger partial charge in [-0.1, -0.05) is 109 Å². The maximum absolute atomic E-state index is 11.9. The van der Waals surface area contributed by atoms with E-state index in [0.29, 0.717) is 62.4 Å². The zero-order valence-corrected chi connectivity index (χ0v) is 39.8. The molecule has 3 heterocycles. The first kappa shape index (κ1) is 44.3. The van der Waals surface area contributed by atoms with Crippen LogP contribution in [0.2, 0.25) is 0 Å². The molecule has 0 radical (unpaired) electrons. The van der Waals surface area contributed by atoms with E-state index in [1.165, 1.54) is 0 Å². The van der Waals surface area contributed by atoms with E-state index in [4.69, 9.17) is 16.5 Å². The van der Waals surface area contributed by atoms with Crippen molar-refractivity contribution in [3.05, 3.63) is 227 Å². The van der Waals surface area contributed by atoms with Gasteiger partial charge in [0.25, 0.3) is 0 Å². The molecule has 3 aromatic heterocycles. The lowest BCUT2D eigenvalue weighted by Gasteiger charge is -2.19. The van der Waals surface area contributed by atoms with Crippen LogP contribution in [-0.2, 0) is 0 Å². The molecule has 12 aromatic rings. The van der Waals surface area contributed by atoms with Gasteiger partial charge in [0.05, 0.1) is 74.9 Å². The van der Waals surface area contributed by atoms with E-state index in [9.17, 15) is 21.0 Å². The van der Waals surface area contributed by atoms with Crippen LogP contribution in [0.5, 0.6) is 0 Å². The molecule has 0 amide bonds. The van der Waals surface area contributed by atoms with Crippen LogP contribution in [0.15, 0.2) is 182 Å². The first-order valence-electron chi connectivity index (χ1n) is 23.7. The van der Waals surface area contributed by atoms with Crippen molar-refractivity contribution in [2.45, 2.75) is 13.8 Å². The second-order valence-corrected chi connectivity index (χ2v) is 18.1. The molecular weight excluding hydrogens is 909 g/mol. The van der Waals surface area contributed by atoms with E-state index in [-0.39, 0.29) is 0 Å². The van der Waals surface area contributed by atoms with Gasteiger partial charge in [0.2, 0.25) is 0 Å². The highest BCUT2D eigenvalue weighted by Crippen LogP contribution is 2.43. The molecule has 9 aromatic carbocycles. The molecule has 0 aliphatic carbocycles. The van der Waals surface area contributed by atoms with Crippen LogP contribution in [0.3, 0.4) is 0 Å². The van der Waals surface area contributed by atoms with Gasteiger partial charge in [0.15, 0.2) is 11.5 Å². The van der Waals surface area contributed by atoms with Gasteiger partial charge in [-0.15, -0.1) is 0 Å². The lowest BCUT2D eigenvalue weighted by atomic mass is 10.0. The molecule has 10 heteroatoms. The molecule has 342 valence electrons. The summed E-state index contributed by atoms with van der Waals surface area (Å²) >= 11 is 0. The third-order valence-electron chi connectivity index (χ3n) is 13.7. The van der Waals surface area contributed by atoms with Crippen molar-refractivity contribution < 1.29 is 0 Å². The average Bonchev–Trinajstić information content (AvgIpc) is 3.96. The van der Waals surface area contributed by atoms with Gasteiger partial charge in [0, 0.05) is 27.1 Å². The Morgan fingerprint density at radius 2 is 0.676 bits per heavy atom. The molecule has 12 rings (SSSR count). The van der Waals surface area contributed by atoms with E-state index in [1.807, 2.05) is 123 Å². The smallest absolute Gasteiger partial charge is 0.187 e. The Morgan fingerprint density at radius 1 is 0.365 bits per heavy atom. The summed E-state index contributed by atoms with van der Waals surface area (Å²) in [6.45, 7) is 11.3. The van der Waals surface area contributed by atoms with E-state index in [2.05, 4.69) is 116 Å². The molecule has 0 spiro atoms. The molecule has 0 saturated carbocycles. The van der Waals surface area contributed by atoms with Crippen molar-refractivity contribution in [1.29, 1.82) is 21.0 Å². The van der Waals surface area contributed by atoms with Gasteiger partial charge in [0.1, 0.15) is 23.3 Å². The zero-order valence-electron chi connectivity index (χ0n) is 39.8. The van der Waals surface area contributed by atoms with Crippen LogP contribution in [0.1, 0.15) is 33.9 Å². The van der Waals surface area contributed by atoms with Crippen molar-refractivity contribution in [2.24, 2.45) is 0 Å². The first-order valence-corrected chi connectivity index (χ1v) is 23.7. The maximum Gasteiger partial charge on any atom is 0.187 e. The summed E-state index contributed by atoms with van der Waals surface area (Å²) in [4.78, 5) is 18.0. The summed E-state index contributed by atoms with van der Waals surface area (Å²) in [6.07, 6.45) is 0. The number of benzene rings is 9. The minimum Gasteiger partial charge on any atom is -0.308 e. The summed E-state index contributed by atoms with van der Waals surface area (Å²) in [5.74, 6) is 1.54. The summed E-state index contributed by atoms with van der Waals surface area (Å²) in [6, 6.07) is 68.9.